The highest BCUT2D eigenvalue weighted by molar-refractivity contribution is 7.26. The monoisotopic (exact) mass is 769 g/mol. The summed E-state index contributed by atoms with van der Waals surface area (Å²) in [5.41, 5.74) is 7.30. The number of benzene rings is 9. The first-order valence-electron chi connectivity index (χ1n) is 19.9. The number of para-hydroxylation sites is 3. The number of fused-ring (bicyclic) bond motifs is 11. The maximum atomic E-state index is 5.51. The smallest absolute Gasteiger partial charge is 0.238 e. The van der Waals surface area contributed by atoms with Gasteiger partial charge < -0.3 is 4.57 Å². The van der Waals surface area contributed by atoms with E-state index in [9.17, 15) is 0 Å². The molecule has 0 radical (unpaired) electrons. The molecule has 0 fully saturated rings. The molecule has 0 spiro atoms. The van der Waals surface area contributed by atoms with Crippen LogP contribution in [0.15, 0.2) is 188 Å². The second kappa shape index (κ2) is 12.4. The average Bonchev–Trinajstić information content (AvgIpc) is 3.95. The molecule has 0 aliphatic rings. The summed E-state index contributed by atoms with van der Waals surface area (Å²) in [6.45, 7) is 0. The van der Waals surface area contributed by atoms with Crippen molar-refractivity contribution in [1.29, 1.82) is 0 Å². The predicted octanol–water partition coefficient (Wildman–Crippen LogP) is 14.1. The molecule has 13 aromatic rings. The summed E-state index contributed by atoms with van der Waals surface area (Å²) in [5, 5.41) is 11.9. The van der Waals surface area contributed by atoms with Crippen molar-refractivity contribution in [3.8, 4) is 34.4 Å². The summed E-state index contributed by atoms with van der Waals surface area (Å²) in [4.78, 5) is 16.3. The number of hydrogen-bond acceptors (Lipinski definition) is 4. The first kappa shape index (κ1) is 32.4. The van der Waals surface area contributed by atoms with Gasteiger partial charge in [0.25, 0.3) is 0 Å². The molecule has 9 aromatic carbocycles. The van der Waals surface area contributed by atoms with Crippen LogP contribution >= 0.6 is 11.3 Å². The summed E-state index contributed by atoms with van der Waals surface area (Å²) in [7, 11) is 0. The number of aromatic nitrogens is 5. The summed E-state index contributed by atoms with van der Waals surface area (Å²) < 4.78 is 7.09. The highest BCUT2D eigenvalue weighted by atomic mass is 32.1. The lowest BCUT2D eigenvalue weighted by atomic mass is 10.0. The van der Waals surface area contributed by atoms with E-state index in [1.807, 2.05) is 11.3 Å². The van der Waals surface area contributed by atoms with Gasteiger partial charge in [0.05, 0.1) is 32.5 Å². The second-order valence-corrected chi connectivity index (χ2v) is 16.3. The minimum Gasteiger partial charge on any atom is -0.307 e. The van der Waals surface area contributed by atoms with E-state index in [-0.39, 0.29) is 0 Å². The predicted molar refractivity (Wildman–Crippen MR) is 247 cm³/mol. The molecule has 0 aliphatic heterocycles. The van der Waals surface area contributed by atoms with Crippen LogP contribution in [0, 0.1) is 0 Å². The largest absolute Gasteiger partial charge is 0.307 e. The summed E-state index contributed by atoms with van der Waals surface area (Å²) in [5.74, 6) is 1.81. The van der Waals surface area contributed by atoms with Crippen LogP contribution in [0.3, 0.4) is 0 Å². The van der Waals surface area contributed by atoms with Crippen LogP contribution < -0.4 is 0 Å². The highest BCUT2D eigenvalue weighted by Gasteiger charge is 2.24. The van der Waals surface area contributed by atoms with Gasteiger partial charge in [0, 0.05) is 48.1 Å². The third kappa shape index (κ3) is 4.81. The highest BCUT2D eigenvalue weighted by Crippen LogP contribution is 2.45. The maximum Gasteiger partial charge on any atom is 0.238 e. The lowest BCUT2D eigenvalue weighted by molar-refractivity contribution is 0.952. The van der Waals surface area contributed by atoms with Gasteiger partial charge in [-0.1, -0.05) is 140 Å². The number of rotatable bonds is 4. The quantitative estimate of drug-likeness (QED) is 0.179. The Hall–Kier alpha value is -7.67. The molecule has 4 heterocycles. The Kier molecular flexibility index (Phi) is 6.82. The minimum atomic E-state index is 0.575. The third-order valence-corrected chi connectivity index (χ3v) is 13.1. The molecule has 0 amide bonds. The molecule has 0 atom stereocenters. The fraction of sp³-hybridized carbons (Fsp3) is 0. The molecule has 274 valence electrons. The van der Waals surface area contributed by atoms with Crippen molar-refractivity contribution in [2.75, 3.05) is 0 Å². The zero-order valence-electron chi connectivity index (χ0n) is 31.5. The fourth-order valence-electron chi connectivity index (χ4n) is 9.25. The van der Waals surface area contributed by atoms with Crippen molar-refractivity contribution in [2.45, 2.75) is 0 Å². The topological polar surface area (TPSA) is 48.5 Å². The van der Waals surface area contributed by atoms with Crippen molar-refractivity contribution in [2.24, 2.45) is 0 Å². The molecule has 5 nitrogen and oxygen atoms in total. The maximum absolute atomic E-state index is 5.51. The van der Waals surface area contributed by atoms with Crippen molar-refractivity contribution >= 4 is 96.7 Å². The van der Waals surface area contributed by atoms with Crippen molar-refractivity contribution < 1.29 is 0 Å². The van der Waals surface area contributed by atoms with E-state index in [1.54, 1.807) is 0 Å². The van der Waals surface area contributed by atoms with Crippen LogP contribution in [-0.2, 0) is 0 Å². The molecule has 4 aromatic heterocycles. The van der Waals surface area contributed by atoms with Gasteiger partial charge in [-0.15, -0.1) is 11.3 Å². The molecule has 59 heavy (non-hydrogen) atoms. The van der Waals surface area contributed by atoms with E-state index in [1.165, 1.54) is 47.1 Å². The van der Waals surface area contributed by atoms with E-state index in [0.717, 1.165) is 55.0 Å². The van der Waals surface area contributed by atoms with Crippen LogP contribution in [0.1, 0.15) is 0 Å². The zero-order chi connectivity index (χ0) is 38.6. The molecule has 0 bridgehead atoms. The van der Waals surface area contributed by atoms with E-state index < -0.39 is 0 Å². The third-order valence-electron chi connectivity index (χ3n) is 11.9. The van der Waals surface area contributed by atoms with Crippen molar-refractivity contribution in [1.82, 2.24) is 24.1 Å². The zero-order valence-corrected chi connectivity index (χ0v) is 32.4. The molecule has 0 saturated heterocycles. The van der Waals surface area contributed by atoms with Gasteiger partial charge >= 0.3 is 0 Å². The Bertz CT molecular complexity index is 3820. The number of nitrogens with zero attached hydrogens (tertiary/aromatic N) is 5. The first-order valence-corrected chi connectivity index (χ1v) is 20.7. The normalized spacial score (nSPS) is 12.1. The average molecular weight is 770 g/mol. The fourth-order valence-corrected chi connectivity index (χ4v) is 10.5. The molecular formula is C53H31N5S. The Morgan fingerprint density at radius 1 is 0.356 bits per heavy atom. The Balaban J connectivity index is 1.18. The van der Waals surface area contributed by atoms with Crippen LogP contribution in [0.4, 0.5) is 0 Å². The SMILES string of the molecule is c1ccc2cc(-c3nc(-c4ccc5c(sc6ccccc65)c4-n4c5ccccc5c5cc6ccccc6cc54)nc(-n4c5ccccc5c5ccccc54)n3)ccc2c1. The summed E-state index contributed by atoms with van der Waals surface area (Å²) in [6, 6.07) is 67.3. The molecule has 0 saturated carbocycles. The molecule has 13 rings (SSSR count). The number of hydrogen-bond donors (Lipinski definition) is 0. The molecule has 0 N–H and O–H groups in total. The van der Waals surface area contributed by atoms with Crippen LogP contribution in [0.5, 0.6) is 0 Å². The summed E-state index contributed by atoms with van der Waals surface area (Å²) >= 11 is 1.83. The molecule has 0 unspecified atom stereocenters. The van der Waals surface area contributed by atoms with Gasteiger partial charge in [-0.3, -0.25) is 4.57 Å². The number of thiophene rings is 1. The van der Waals surface area contributed by atoms with Gasteiger partial charge in [0.15, 0.2) is 11.6 Å². The first-order chi connectivity index (χ1) is 29.2. The Morgan fingerprint density at radius 2 is 0.915 bits per heavy atom. The minimum absolute atomic E-state index is 0.575. The van der Waals surface area contributed by atoms with Gasteiger partial charge in [-0.25, -0.2) is 4.98 Å². The van der Waals surface area contributed by atoms with Crippen molar-refractivity contribution in [3.05, 3.63) is 188 Å². The van der Waals surface area contributed by atoms with Gasteiger partial charge in [-0.05, 0) is 70.1 Å². The van der Waals surface area contributed by atoms with Crippen LogP contribution in [-0.4, -0.2) is 24.1 Å². The van der Waals surface area contributed by atoms with Crippen molar-refractivity contribution in [3.63, 3.8) is 0 Å². The summed E-state index contributed by atoms with van der Waals surface area (Å²) in [6.07, 6.45) is 0. The van der Waals surface area contributed by atoms with Crippen LogP contribution in [0.2, 0.25) is 0 Å². The van der Waals surface area contributed by atoms with E-state index in [4.69, 9.17) is 15.0 Å². The molecule has 0 aliphatic carbocycles. The van der Waals surface area contributed by atoms with E-state index in [2.05, 4.69) is 197 Å². The standard InChI is InChI=1S/C53H31N5S/c1-2-14-33-29-36(26-25-32(33)13-1)51-54-52(56-53(55-51)58-45-22-10-5-17-37(45)38-18-6-11-23-46(38)58)42-28-27-41-40-20-8-12-24-48(40)59-50(41)49(42)57-44-21-9-7-19-39(44)43-30-34-15-3-4-16-35(34)31-47(43)57/h1-31H. The van der Waals surface area contributed by atoms with Crippen LogP contribution in [0.25, 0.3) is 120 Å². The van der Waals surface area contributed by atoms with Gasteiger partial charge in [0.2, 0.25) is 5.95 Å². The Labute approximate surface area is 341 Å². The lowest BCUT2D eigenvalue weighted by Gasteiger charge is -2.16. The van der Waals surface area contributed by atoms with Gasteiger partial charge in [0.1, 0.15) is 0 Å². The van der Waals surface area contributed by atoms with E-state index >= 15 is 0 Å². The lowest BCUT2D eigenvalue weighted by Crippen LogP contribution is -2.08. The second-order valence-electron chi connectivity index (χ2n) is 15.2. The van der Waals surface area contributed by atoms with Gasteiger partial charge in [-0.2, -0.15) is 9.97 Å². The van der Waals surface area contributed by atoms with E-state index in [0.29, 0.717) is 17.6 Å². The Morgan fingerprint density at radius 3 is 1.64 bits per heavy atom. The molecule has 6 heteroatoms. The molecular weight excluding hydrogens is 739 g/mol.